The molecule has 4 amide bonds. The number of hydrogen-bond acceptors (Lipinski definition) is 7. The van der Waals surface area contributed by atoms with Gasteiger partial charge in [0.2, 0.25) is 5.91 Å². The number of amides is 4. The first-order valence-corrected chi connectivity index (χ1v) is 12.8. The Morgan fingerprint density at radius 3 is 2.30 bits per heavy atom. The molecule has 208 valence electrons. The molecule has 3 aromatic rings. The average Bonchev–Trinajstić information content (AvgIpc) is 3.20. The van der Waals surface area contributed by atoms with E-state index in [0.29, 0.717) is 29.3 Å². The van der Waals surface area contributed by atoms with Gasteiger partial charge in [0, 0.05) is 19.3 Å². The Kier molecular flexibility index (Phi) is 9.13. The van der Waals surface area contributed by atoms with Crippen LogP contribution in [0.4, 0.5) is 16.2 Å². The number of urea groups is 1. The maximum atomic E-state index is 13.4. The maximum absolute atomic E-state index is 13.4. The highest BCUT2D eigenvalue weighted by atomic mass is 16.5. The summed E-state index contributed by atoms with van der Waals surface area (Å²) in [4.78, 5) is 54.0. The van der Waals surface area contributed by atoms with E-state index in [2.05, 4.69) is 5.32 Å². The number of hydrogen-bond donors (Lipinski definition) is 1. The summed E-state index contributed by atoms with van der Waals surface area (Å²) in [7, 11) is 3.03. The van der Waals surface area contributed by atoms with Gasteiger partial charge in [-0.1, -0.05) is 24.3 Å². The van der Waals surface area contributed by atoms with E-state index in [0.717, 1.165) is 16.0 Å². The van der Waals surface area contributed by atoms with Gasteiger partial charge in [0.1, 0.15) is 11.8 Å². The first kappa shape index (κ1) is 28.3. The van der Waals surface area contributed by atoms with Gasteiger partial charge in [-0.2, -0.15) is 0 Å². The molecule has 10 nitrogen and oxygen atoms in total. The summed E-state index contributed by atoms with van der Waals surface area (Å²) in [6.07, 6.45) is -0.223. The molecule has 1 N–H and O–H groups in total. The summed E-state index contributed by atoms with van der Waals surface area (Å²) < 4.78 is 15.3. The van der Waals surface area contributed by atoms with Crippen LogP contribution in [0.25, 0.3) is 11.1 Å². The molecular weight excluding hydrogens is 514 g/mol. The zero-order valence-electron chi connectivity index (χ0n) is 22.6. The number of esters is 1. The van der Waals surface area contributed by atoms with Crippen LogP contribution in [0, 0.1) is 0 Å². The van der Waals surface area contributed by atoms with Crippen molar-refractivity contribution in [2.45, 2.75) is 19.4 Å². The molecule has 1 fully saturated rings. The van der Waals surface area contributed by atoms with Crippen molar-refractivity contribution in [2.24, 2.45) is 0 Å². The molecule has 1 saturated heterocycles. The van der Waals surface area contributed by atoms with Crippen LogP contribution in [0.2, 0.25) is 0 Å². The van der Waals surface area contributed by atoms with E-state index in [-0.39, 0.29) is 25.5 Å². The second-order valence-electron chi connectivity index (χ2n) is 8.99. The molecule has 0 bridgehead atoms. The van der Waals surface area contributed by atoms with Crippen LogP contribution in [0.15, 0.2) is 72.8 Å². The van der Waals surface area contributed by atoms with Gasteiger partial charge >= 0.3 is 12.0 Å². The zero-order chi connectivity index (χ0) is 28.6. The minimum Gasteiger partial charge on any atom is -0.497 e. The number of carbonyl (C=O) groups is 4. The Balaban J connectivity index is 1.48. The number of anilines is 2. The summed E-state index contributed by atoms with van der Waals surface area (Å²) in [5, 5.41) is 2.84. The number of methoxy groups -OCH3 is 2. The highest BCUT2D eigenvalue weighted by Crippen LogP contribution is 2.29. The normalized spacial score (nSPS) is 14.8. The highest BCUT2D eigenvalue weighted by Gasteiger charge is 2.46. The average molecular weight is 546 g/mol. The largest absolute Gasteiger partial charge is 0.497 e. The van der Waals surface area contributed by atoms with Crippen LogP contribution in [0.1, 0.15) is 23.7 Å². The van der Waals surface area contributed by atoms with Crippen LogP contribution in [-0.2, 0) is 19.1 Å². The summed E-state index contributed by atoms with van der Waals surface area (Å²) in [5.74, 6) is -0.705. The Morgan fingerprint density at radius 1 is 0.925 bits per heavy atom. The minimum atomic E-state index is -0.983. The molecule has 4 rings (SSSR count). The van der Waals surface area contributed by atoms with Crippen LogP contribution in [0.3, 0.4) is 0 Å². The third kappa shape index (κ3) is 6.29. The molecular formula is C30H31N3O7. The van der Waals surface area contributed by atoms with Crippen LogP contribution >= 0.6 is 0 Å². The van der Waals surface area contributed by atoms with Crippen molar-refractivity contribution in [3.8, 4) is 16.9 Å². The predicted octanol–water partition coefficient (Wildman–Crippen LogP) is 4.35. The molecule has 0 radical (unpaired) electrons. The van der Waals surface area contributed by atoms with Crippen LogP contribution < -0.4 is 15.0 Å². The smallest absolute Gasteiger partial charge is 0.338 e. The molecule has 0 saturated carbocycles. The monoisotopic (exact) mass is 545 g/mol. The predicted molar refractivity (Wildman–Crippen MR) is 149 cm³/mol. The molecule has 1 aliphatic rings. The molecule has 0 aromatic heterocycles. The lowest BCUT2D eigenvalue weighted by atomic mass is 10.0. The van der Waals surface area contributed by atoms with Crippen LogP contribution in [-0.4, -0.2) is 68.7 Å². The molecule has 0 aliphatic carbocycles. The summed E-state index contributed by atoms with van der Waals surface area (Å²) in [5.41, 5.74) is 3.05. The van der Waals surface area contributed by atoms with Crippen molar-refractivity contribution in [1.29, 1.82) is 0 Å². The van der Waals surface area contributed by atoms with Gasteiger partial charge in [-0.15, -0.1) is 0 Å². The van der Waals surface area contributed by atoms with E-state index < -0.39 is 23.9 Å². The fourth-order valence-electron chi connectivity index (χ4n) is 4.42. The number of nitrogens with zero attached hydrogens (tertiary/aromatic N) is 2. The van der Waals surface area contributed by atoms with Crippen molar-refractivity contribution in [3.63, 3.8) is 0 Å². The molecule has 40 heavy (non-hydrogen) atoms. The van der Waals surface area contributed by atoms with Crippen molar-refractivity contribution < 1.29 is 33.4 Å². The third-order valence-electron chi connectivity index (χ3n) is 6.44. The lowest BCUT2D eigenvalue weighted by Gasteiger charge is -2.21. The summed E-state index contributed by atoms with van der Waals surface area (Å²) >= 11 is 0. The van der Waals surface area contributed by atoms with Crippen molar-refractivity contribution in [1.82, 2.24) is 4.90 Å². The molecule has 1 heterocycles. The number of benzene rings is 3. The highest BCUT2D eigenvalue weighted by molar-refractivity contribution is 6.22. The van der Waals surface area contributed by atoms with Gasteiger partial charge in [-0.05, 0) is 66.6 Å². The number of ether oxygens (including phenoxy) is 3. The zero-order valence-corrected chi connectivity index (χ0v) is 22.6. The molecule has 10 heteroatoms. The fourth-order valence-corrected chi connectivity index (χ4v) is 4.42. The fraction of sp³-hybridized carbons (Fsp3) is 0.267. The van der Waals surface area contributed by atoms with Gasteiger partial charge < -0.3 is 24.4 Å². The van der Waals surface area contributed by atoms with E-state index in [4.69, 9.17) is 14.2 Å². The minimum absolute atomic E-state index is 0.156. The summed E-state index contributed by atoms with van der Waals surface area (Å²) in [6, 6.07) is 19.3. The number of rotatable bonds is 11. The van der Waals surface area contributed by atoms with E-state index >= 15 is 0 Å². The SMILES string of the molecule is CCOC(=O)c1ccc(-c2cccc(NC(=O)CC3C(=O)N(c4ccc(OC)cc4)C(=O)N3CCOC)c2)cc1. The maximum Gasteiger partial charge on any atom is 0.338 e. The molecule has 1 atom stereocenters. The molecule has 1 unspecified atom stereocenters. The Labute approximate surface area is 232 Å². The van der Waals surface area contributed by atoms with E-state index in [1.165, 1.54) is 19.1 Å². The second-order valence-corrected chi connectivity index (χ2v) is 8.99. The van der Waals surface area contributed by atoms with Gasteiger partial charge in [-0.3, -0.25) is 9.59 Å². The third-order valence-corrected chi connectivity index (χ3v) is 6.44. The lowest BCUT2D eigenvalue weighted by molar-refractivity contribution is -0.124. The summed E-state index contributed by atoms with van der Waals surface area (Å²) in [6.45, 7) is 2.42. The van der Waals surface area contributed by atoms with Crippen molar-refractivity contribution in [2.75, 3.05) is 44.2 Å². The van der Waals surface area contributed by atoms with Gasteiger partial charge in [0.05, 0.1) is 38.0 Å². The number of imide groups is 1. The quantitative estimate of drug-likeness (QED) is 0.281. The standard InChI is InChI=1S/C30H31N3O7/c1-4-40-29(36)21-10-8-20(9-11-21)22-6-5-7-23(18-22)31-27(34)19-26-28(35)33(30(37)32(26)16-17-38-2)24-12-14-25(39-3)15-13-24/h5-15,18,26H,4,16-17,19H2,1-3H3,(H,31,34). The molecule has 1 aliphatic heterocycles. The molecule has 3 aromatic carbocycles. The van der Waals surface area contributed by atoms with Gasteiger partial charge in [0.15, 0.2) is 0 Å². The molecule has 0 spiro atoms. The lowest BCUT2D eigenvalue weighted by Crippen LogP contribution is -2.39. The first-order chi connectivity index (χ1) is 19.4. The first-order valence-electron chi connectivity index (χ1n) is 12.8. The topological polar surface area (TPSA) is 114 Å². The number of nitrogens with one attached hydrogen (secondary N) is 1. The van der Waals surface area contributed by atoms with Crippen LogP contribution in [0.5, 0.6) is 5.75 Å². The Hall–Kier alpha value is -4.70. The van der Waals surface area contributed by atoms with E-state index in [1.54, 1.807) is 73.7 Å². The number of carbonyl (C=O) groups excluding carboxylic acids is 4. The Morgan fingerprint density at radius 2 is 1.65 bits per heavy atom. The van der Waals surface area contributed by atoms with Crippen molar-refractivity contribution in [3.05, 3.63) is 78.4 Å². The van der Waals surface area contributed by atoms with E-state index in [1.807, 2.05) is 6.07 Å². The second kappa shape index (κ2) is 12.9. The van der Waals surface area contributed by atoms with Gasteiger partial charge in [-0.25, -0.2) is 14.5 Å². The Bertz CT molecular complexity index is 1370. The van der Waals surface area contributed by atoms with Crippen molar-refractivity contribution >= 4 is 35.2 Å². The van der Waals surface area contributed by atoms with Gasteiger partial charge in [0.25, 0.3) is 5.91 Å². The van der Waals surface area contributed by atoms with E-state index in [9.17, 15) is 19.2 Å².